The van der Waals surface area contributed by atoms with Gasteiger partial charge in [-0.1, -0.05) is 196 Å². The number of benzene rings is 7. The number of fused-ring (bicyclic) bond motifs is 2. The van der Waals surface area contributed by atoms with Crippen LogP contribution in [0.25, 0.3) is 21.5 Å². The standard InChI is InChI=1S/C56H60O6P2S.C5H10.C2H6/c1-13-41(11)42(12)57-63(60-52-32-38(8)22-27-45(52)35(2)3)58-50-30-25-43-18-14-16-20-48(43)55(50)65-56-49-21-17-15-19-44(49)26-31-51(56)59-64(61-53-33-39(9)23-28-46(53)36(4)5)62-54-34-40(10)24-29-47(54)37(6)7;1-4-5(2)3;1-2/h14-37H,11-13H2,1-10H3;4H,1-3H3;1-2H3. The first-order valence-electron chi connectivity index (χ1n) is 25.1. The fourth-order valence-electron chi connectivity index (χ4n) is 7.36. The summed E-state index contributed by atoms with van der Waals surface area (Å²) >= 11 is 1.57. The normalized spacial score (nSPS) is 11.4. The van der Waals surface area contributed by atoms with Gasteiger partial charge in [-0.3, -0.25) is 0 Å². The zero-order chi connectivity index (χ0) is 52.6. The van der Waals surface area contributed by atoms with Crippen molar-refractivity contribution in [1.29, 1.82) is 0 Å². The number of aryl methyl sites for hydroxylation is 3. The maximum atomic E-state index is 7.13. The summed E-state index contributed by atoms with van der Waals surface area (Å²) in [5, 5.41) is 4.11. The average molecular weight is 1020 g/mol. The minimum atomic E-state index is -2.07. The van der Waals surface area contributed by atoms with Crippen LogP contribution in [0.3, 0.4) is 0 Å². The van der Waals surface area contributed by atoms with Crippen LogP contribution in [-0.2, 0) is 4.52 Å². The van der Waals surface area contributed by atoms with Crippen molar-refractivity contribution in [3.05, 3.63) is 197 Å². The Labute approximate surface area is 438 Å². The van der Waals surface area contributed by atoms with Crippen molar-refractivity contribution in [3.63, 3.8) is 0 Å². The minimum absolute atomic E-state index is 0.206. The Kier molecular flexibility index (Phi) is 21.7. The lowest BCUT2D eigenvalue weighted by molar-refractivity contribution is 0.332. The second-order valence-electron chi connectivity index (χ2n) is 18.7. The van der Waals surface area contributed by atoms with E-state index in [4.69, 9.17) is 27.1 Å². The summed E-state index contributed by atoms with van der Waals surface area (Å²) in [6.07, 6.45) is 2.76. The Morgan fingerprint density at radius 2 is 0.861 bits per heavy atom. The van der Waals surface area contributed by atoms with Crippen LogP contribution >= 0.6 is 29.0 Å². The van der Waals surface area contributed by atoms with Crippen LogP contribution in [0, 0.1) is 20.8 Å². The molecule has 0 N–H and O–H groups in total. The molecule has 0 amide bonds. The lowest BCUT2D eigenvalue weighted by Crippen LogP contribution is -2.07. The van der Waals surface area contributed by atoms with Gasteiger partial charge in [0.25, 0.3) is 0 Å². The molecule has 0 spiro atoms. The van der Waals surface area contributed by atoms with Crippen molar-refractivity contribution < 1.29 is 27.1 Å². The van der Waals surface area contributed by atoms with E-state index in [1.807, 2.05) is 58.0 Å². The SMILES string of the molecule is C=C(CC)C(=C)OP(Oc1cc(C)ccc1C(C)C)Oc1ccc2ccccc2c1Sc1c(OP(Oc2cc(C)ccc2C(C)C)Oc2cc(C)ccc2C(C)C)ccc2ccccc12.CC.CC=C(C)C. The molecule has 7 aromatic carbocycles. The Balaban J connectivity index is 0.00000129. The predicted molar refractivity (Wildman–Crippen MR) is 311 cm³/mol. The molecule has 0 radical (unpaired) electrons. The molecule has 9 heteroatoms. The first-order valence-corrected chi connectivity index (χ1v) is 28.1. The molecular weight excluding hydrogens is 947 g/mol. The Bertz CT molecular complexity index is 2910. The van der Waals surface area contributed by atoms with Crippen molar-refractivity contribution >= 4 is 50.5 Å². The maximum Gasteiger partial charge on any atom is 0.530 e. The van der Waals surface area contributed by atoms with E-state index in [0.29, 0.717) is 29.4 Å². The van der Waals surface area contributed by atoms with E-state index < -0.39 is 17.2 Å². The molecule has 0 aliphatic carbocycles. The second kappa shape index (κ2) is 27.4. The van der Waals surface area contributed by atoms with Crippen LogP contribution < -0.4 is 22.6 Å². The second-order valence-corrected chi connectivity index (χ2v) is 21.7. The smallest absolute Gasteiger partial charge is 0.409 e. The highest BCUT2D eigenvalue weighted by atomic mass is 32.2. The van der Waals surface area contributed by atoms with Crippen LogP contribution in [0.1, 0.15) is 141 Å². The van der Waals surface area contributed by atoms with E-state index in [0.717, 1.165) is 81.8 Å². The lowest BCUT2D eigenvalue weighted by atomic mass is 10.0. The van der Waals surface area contributed by atoms with E-state index in [1.54, 1.807) is 11.8 Å². The average Bonchev–Trinajstić information content (AvgIpc) is 3.35. The van der Waals surface area contributed by atoms with Crippen LogP contribution in [0.5, 0.6) is 28.7 Å². The summed E-state index contributed by atoms with van der Waals surface area (Å²) in [7, 11) is -4.12. The molecule has 0 fully saturated rings. The summed E-state index contributed by atoms with van der Waals surface area (Å²) in [5.41, 5.74) is 8.59. The van der Waals surface area contributed by atoms with Gasteiger partial charge in [-0.25, -0.2) is 0 Å². The van der Waals surface area contributed by atoms with Gasteiger partial charge in [0, 0.05) is 0 Å². The van der Waals surface area contributed by atoms with Gasteiger partial charge in [0.2, 0.25) is 0 Å². The van der Waals surface area contributed by atoms with Crippen molar-refractivity contribution in [2.45, 2.75) is 138 Å². The molecule has 6 nitrogen and oxygen atoms in total. The molecule has 380 valence electrons. The van der Waals surface area contributed by atoms with Crippen LogP contribution in [0.2, 0.25) is 0 Å². The van der Waals surface area contributed by atoms with Gasteiger partial charge in [0.1, 0.15) is 34.5 Å². The fraction of sp³-hybridized carbons (Fsp3) is 0.302. The van der Waals surface area contributed by atoms with E-state index in [9.17, 15) is 0 Å². The molecule has 0 aliphatic rings. The Morgan fingerprint density at radius 3 is 1.22 bits per heavy atom. The van der Waals surface area contributed by atoms with Crippen LogP contribution in [0.15, 0.2) is 173 Å². The van der Waals surface area contributed by atoms with Gasteiger partial charge >= 0.3 is 17.2 Å². The molecule has 0 aromatic heterocycles. The van der Waals surface area contributed by atoms with Gasteiger partial charge in [-0.2, -0.15) is 0 Å². The van der Waals surface area contributed by atoms with Crippen molar-refractivity contribution in [2.75, 3.05) is 0 Å². The molecule has 7 aromatic rings. The molecular formula is C63H76O6P2S. The van der Waals surface area contributed by atoms with E-state index in [-0.39, 0.29) is 17.8 Å². The number of hydrogen-bond acceptors (Lipinski definition) is 7. The summed E-state index contributed by atoms with van der Waals surface area (Å²) < 4.78 is 41.2. The molecule has 0 heterocycles. The summed E-state index contributed by atoms with van der Waals surface area (Å²) in [4.78, 5) is 1.74. The quantitative estimate of drug-likeness (QED) is 0.0346. The highest BCUT2D eigenvalue weighted by Gasteiger charge is 2.29. The number of rotatable bonds is 19. The maximum absolute atomic E-state index is 7.13. The van der Waals surface area contributed by atoms with Gasteiger partial charge in [-0.15, -0.1) is 0 Å². The van der Waals surface area contributed by atoms with Crippen LogP contribution in [0.4, 0.5) is 0 Å². The third-order valence-corrected chi connectivity index (χ3v) is 15.1. The highest BCUT2D eigenvalue weighted by Crippen LogP contribution is 2.55. The molecule has 7 rings (SSSR count). The minimum Gasteiger partial charge on any atom is -0.409 e. The van der Waals surface area contributed by atoms with Gasteiger partial charge in [0.05, 0.1) is 9.79 Å². The molecule has 1 atom stereocenters. The van der Waals surface area contributed by atoms with Gasteiger partial charge in [0.15, 0.2) is 0 Å². The molecule has 0 saturated carbocycles. The zero-order valence-corrected chi connectivity index (χ0v) is 47.9. The first-order chi connectivity index (χ1) is 34.5. The first kappa shape index (κ1) is 57.2. The summed E-state index contributed by atoms with van der Waals surface area (Å²) in [6.45, 7) is 39.8. The topological polar surface area (TPSA) is 55.4 Å². The molecule has 72 heavy (non-hydrogen) atoms. The molecule has 1 unspecified atom stereocenters. The van der Waals surface area contributed by atoms with E-state index >= 15 is 0 Å². The van der Waals surface area contributed by atoms with Crippen LogP contribution in [-0.4, -0.2) is 0 Å². The third kappa shape index (κ3) is 15.4. The molecule has 0 saturated heterocycles. The number of allylic oxidation sites excluding steroid dienone is 3. The molecule has 0 bridgehead atoms. The van der Waals surface area contributed by atoms with Crippen molar-refractivity contribution in [3.8, 4) is 28.7 Å². The summed E-state index contributed by atoms with van der Waals surface area (Å²) in [5.74, 6) is 4.43. The van der Waals surface area contributed by atoms with E-state index in [2.05, 4.69) is 192 Å². The fourth-order valence-corrected chi connectivity index (χ4v) is 10.8. The lowest BCUT2D eigenvalue weighted by Gasteiger charge is -2.25. The highest BCUT2D eigenvalue weighted by molar-refractivity contribution is 8.00. The Morgan fingerprint density at radius 1 is 0.514 bits per heavy atom. The number of hydrogen-bond donors (Lipinski definition) is 0. The predicted octanol–water partition coefficient (Wildman–Crippen LogP) is 21.4. The van der Waals surface area contributed by atoms with Gasteiger partial charge < -0.3 is 27.1 Å². The summed E-state index contributed by atoms with van der Waals surface area (Å²) in [6, 6.07) is 43.7. The van der Waals surface area contributed by atoms with Gasteiger partial charge in [-0.05, 0) is 157 Å². The Hall–Kier alpha value is -5.71. The third-order valence-electron chi connectivity index (χ3n) is 11.7. The molecule has 0 aliphatic heterocycles. The monoisotopic (exact) mass is 1020 g/mol. The van der Waals surface area contributed by atoms with Crippen molar-refractivity contribution in [1.82, 2.24) is 0 Å². The van der Waals surface area contributed by atoms with E-state index in [1.165, 1.54) is 5.57 Å². The van der Waals surface area contributed by atoms with Crippen molar-refractivity contribution in [2.24, 2.45) is 0 Å². The largest absolute Gasteiger partial charge is 0.530 e. The zero-order valence-electron chi connectivity index (χ0n) is 45.3.